The maximum Gasteiger partial charge on any atom is 0.134 e. The Morgan fingerprint density at radius 1 is 1.55 bits per heavy atom. The molecule has 0 radical (unpaired) electrons. The molecule has 0 N–H and O–H groups in total. The van der Waals surface area contributed by atoms with Crippen LogP contribution in [0, 0.1) is 11.3 Å². The van der Waals surface area contributed by atoms with Crippen LogP contribution in [-0.4, -0.2) is 7.11 Å². The first-order valence-electron chi connectivity index (χ1n) is 3.02. The SMILES string of the molecule is COc1cccc(C#N)c1Br. The summed E-state index contributed by atoms with van der Waals surface area (Å²) in [6.07, 6.45) is 0. The molecule has 0 unspecified atom stereocenters. The normalized spacial score (nSPS) is 8.82. The third-order valence-corrected chi connectivity index (χ3v) is 2.12. The molecule has 0 aliphatic heterocycles. The second-order valence-corrected chi connectivity index (χ2v) is 2.73. The van der Waals surface area contributed by atoms with Crippen molar-refractivity contribution in [3.8, 4) is 11.8 Å². The van der Waals surface area contributed by atoms with E-state index in [1.54, 1.807) is 25.3 Å². The summed E-state index contributed by atoms with van der Waals surface area (Å²) in [5, 5.41) is 8.60. The number of benzene rings is 1. The zero-order valence-corrected chi connectivity index (χ0v) is 7.55. The predicted octanol–water partition coefficient (Wildman–Crippen LogP) is 2.33. The lowest BCUT2D eigenvalue weighted by Crippen LogP contribution is -1.85. The van der Waals surface area contributed by atoms with Gasteiger partial charge < -0.3 is 4.74 Å². The van der Waals surface area contributed by atoms with Gasteiger partial charge in [0.1, 0.15) is 11.8 Å². The molecule has 2 nitrogen and oxygen atoms in total. The topological polar surface area (TPSA) is 33.0 Å². The van der Waals surface area contributed by atoms with Crippen molar-refractivity contribution in [2.75, 3.05) is 7.11 Å². The van der Waals surface area contributed by atoms with Crippen LogP contribution in [0.1, 0.15) is 5.56 Å². The standard InChI is InChI=1S/C8H6BrNO/c1-11-7-4-2-3-6(5-10)8(7)9/h2-4H,1H3. The average Bonchev–Trinajstić information content (AvgIpc) is 2.05. The van der Waals surface area contributed by atoms with Crippen LogP contribution in [0.25, 0.3) is 0 Å². The van der Waals surface area contributed by atoms with Gasteiger partial charge in [-0.05, 0) is 28.1 Å². The first-order valence-corrected chi connectivity index (χ1v) is 3.81. The lowest BCUT2D eigenvalue weighted by Gasteiger charge is -2.02. The van der Waals surface area contributed by atoms with Gasteiger partial charge >= 0.3 is 0 Å². The number of rotatable bonds is 1. The molecular formula is C8H6BrNO. The monoisotopic (exact) mass is 211 g/mol. The van der Waals surface area contributed by atoms with Crippen LogP contribution < -0.4 is 4.74 Å². The van der Waals surface area contributed by atoms with Crippen LogP contribution in [0.5, 0.6) is 5.75 Å². The zero-order chi connectivity index (χ0) is 8.27. The minimum atomic E-state index is 0.587. The second kappa shape index (κ2) is 3.40. The number of methoxy groups -OCH3 is 1. The highest BCUT2D eigenvalue weighted by atomic mass is 79.9. The maximum atomic E-state index is 8.60. The van der Waals surface area contributed by atoms with Crippen LogP contribution in [0.4, 0.5) is 0 Å². The van der Waals surface area contributed by atoms with Crippen molar-refractivity contribution < 1.29 is 4.74 Å². The number of hydrogen-bond acceptors (Lipinski definition) is 2. The summed E-state index contributed by atoms with van der Waals surface area (Å²) in [7, 11) is 1.57. The van der Waals surface area contributed by atoms with Crippen molar-refractivity contribution in [1.82, 2.24) is 0 Å². The molecule has 0 aromatic heterocycles. The Balaban J connectivity index is 3.23. The Labute approximate surface area is 73.5 Å². The summed E-state index contributed by atoms with van der Waals surface area (Å²) < 4.78 is 5.70. The molecular weight excluding hydrogens is 206 g/mol. The molecule has 1 aromatic carbocycles. The van der Waals surface area contributed by atoms with E-state index in [0.717, 1.165) is 0 Å². The highest BCUT2D eigenvalue weighted by Gasteiger charge is 2.03. The molecule has 3 heteroatoms. The average molecular weight is 212 g/mol. The fourth-order valence-corrected chi connectivity index (χ4v) is 1.27. The quantitative estimate of drug-likeness (QED) is 0.715. The molecule has 0 aliphatic carbocycles. The van der Waals surface area contributed by atoms with Crippen molar-refractivity contribution in [2.45, 2.75) is 0 Å². The first-order chi connectivity index (χ1) is 5.29. The maximum absolute atomic E-state index is 8.60. The van der Waals surface area contributed by atoms with Gasteiger partial charge in [0.05, 0.1) is 17.1 Å². The minimum Gasteiger partial charge on any atom is -0.496 e. The lowest BCUT2D eigenvalue weighted by atomic mass is 10.2. The fraction of sp³-hybridized carbons (Fsp3) is 0.125. The van der Waals surface area contributed by atoms with Gasteiger partial charge in [-0.1, -0.05) is 6.07 Å². The van der Waals surface area contributed by atoms with Crippen molar-refractivity contribution >= 4 is 15.9 Å². The Bertz CT molecular complexity index is 303. The number of ether oxygens (including phenoxy) is 1. The van der Waals surface area contributed by atoms with E-state index in [2.05, 4.69) is 15.9 Å². The summed E-state index contributed by atoms with van der Waals surface area (Å²) in [6.45, 7) is 0. The first kappa shape index (κ1) is 8.09. The second-order valence-electron chi connectivity index (χ2n) is 1.93. The highest BCUT2D eigenvalue weighted by molar-refractivity contribution is 9.10. The molecule has 0 saturated carbocycles. The molecule has 0 spiro atoms. The van der Waals surface area contributed by atoms with Gasteiger partial charge in [0.25, 0.3) is 0 Å². The Kier molecular flexibility index (Phi) is 2.50. The van der Waals surface area contributed by atoms with E-state index in [0.29, 0.717) is 15.8 Å². The van der Waals surface area contributed by atoms with Crippen LogP contribution >= 0.6 is 15.9 Å². The molecule has 1 rings (SSSR count). The van der Waals surface area contributed by atoms with Crippen LogP contribution in [-0.2, 0) is 0 Å². The van der Waals surface area contributed by atoms with Gasteiger partial charge in [-0.15, -0.1) is 0 Å². The third kappa shape index (κ3) is 1.52. The van der Waals surface area contributed by atoms with Gasteiger partial charge in [0.2, 0.25) is 0 Å². The summed E-state index contributed by atoms with van der Waals surface area (Å²) in [5.41, 5.74) is 0.587. The summed E-state index contributed by atoms with van der Waals surface area (Å²) in [4.78, 5) is 0. The number of nitrogens with zero attached hydrogens (tertiary/aromatic N) is 1. The predicted molar refractivity (Wildman–Crippen MR) is 45.4 cm³/mol. The largest absolute Gasteiger partial charge is 0.496 e. The molecule has 56 valence electrons. The van der Waals surface area contributed by atoms with Gasteiger partial charge in [-0.3, -0.25) is 0 Å². The van der Waals surface area contributed by atoms with Gasteiger partial charge in [-0.2, -0.15) is 5.26 Å². The van der Waals surface area contributed by atoms with Crippen molar-refractivity contribution in [1.29, 1.82) is 5.26 Å². The van der Waals surface area contributed by atoms with E-state index >= 15 is 0 Å². The third-order valence-electron chi connectivity index (χ3n) is 1.30. The number of hydrogen-bond donors (Lipinski definition) is 0. The smallest absolute Gasteiger partial charge is 0.134 e. The number of halogens is 1. The van der Waals surface area contributed by atoms with Gasteiger partial charge in [-0.25, -0.2) is 0 Å². The summed E-state index contributed by atoms with van der Waals surface area (Å²) in [6, 6.07) is 7.35. The van der Waals surface area contributed by atoms with E-state index in [1.165, 1.54) is 0 Å². The Morgan fingerprint density at radius 3 is 2.82 bits per heavy atom. The summed E-state index contributed by atoms with van der Waals surface area (Å²) >= 11 is 3.25. The molecule has 11 heavy (non-hydrogen) atoms. The Hall–Kier alpha value is -1.01. The number of nitriles is 1. The van der Waals surface area contributed by atoms with Crippen LogP contribution in [0.3, 0.4) is 0 Å². The molecule has 0 bridgehead atoms. The molecule has 0 fully saturated rings. The van der Waals surface area contributed by atoms with Crippen LogP contribution in [0.2, 0.25) is 0 Å². The van der Waals surface area contributed by atoms with Gasteiger partial charge in [0, 0.05) is 0 Å². The fourth-order valence-electron chi connectivity index (χ4n) is 0.755. The molecule has 0 saturated heterocycles. The molecule has 0 atom stereocenters. The van der Waals surface area contributed by atoms with E-state index in [1.807, 2.05) is 6.07 Å². The van der Waals surface area contributed by atoms with Crippen molar-refractivity contribution in [2.24, 2.45) is 0 Å². The van der Waals surface area contributed by atoms with E-state index in [4.69, 9.17) is 10.00 Å². The van der Waals surface area contributed by atoms with Gasteiger partial charge in [0.15, 0.2) is 0 Å². The molecule has 1 aromatic rings. The molecule has 0 aliphatic rings. The zero-order valence-electron chi connectivity index (χ0n) is 5.97. The Morgan fingerprint density at radius 2 is 2.27 bits per heavy atom. The van der Waals surface area contributed by atoms with Crippen molar-refractivity contribution in [3.63, 3.8) is 0 Å². The molecule has 0 heterocycles. The van der Waals surface area contributed by atoms with E-state index < -0.39 is 0 Å². The minimum absolute atomic E-state index is 0.587. The van der Waals surface area contributed by atoms with Crippen molar-refractivity contribution in [3.05, 3.63) is 28.2 Å². The molecule has 0 amide bonds. The van der Waals surface area contributed by atoms with Crippen LogP contribution in [0.15, 0.2) is 22.7 Å². The summed E-state index contributed by atoms with van der Waals surface area (Å²) in [5.74, 6) is 0.684. The highest BCUT2D eigenvalue weighted by Crippen LogP contribution is 2.27. The van der Waals surface area contributed by atoms with E-state index in [9.17, 15) is 0 Å². The van der Waals surface area contributed by atoms with E-state index in [-0.39, 0.29) is 0 Å². The lowest BCUT2D eigenvalue weighted by molar-refractivity contribution is 0.412.